The molecule has 0 heterocycles. The maximum atomic E-state index is 9.53. The molecule has 0 aliphatic rings. The van der Waals surface area contributed by atoms with Gasteiger partial charge in [-0.15, -0.1) is 0 Å². The second kappa shape index (κ2) is 4.14. The number of hydrogen-bond acceptors (Lipinski definition) is 3. The fourth-order valence-corrected chi connectivity index (χ4v) is 1.17. The van der Waals surface area contributed by atoms with Crippen molar-refractivity contribution < 1.29 is 14.9 Å². The van der Waals surface area contributed by atoms with Crippen molar-refractivity contribution in [1.82, 2.24) is 0 Å². The van der Waals surface area contributed by atoms with E-state index in [-0.39, 0.29) is 18.3 Å². The number of aromatic hydroxyl groups is 1. The molecule has 1 atom stereocenters. The molecule has 0 aromatic heterocycles. The van der Waals surface area contributed by atoms with Gasteiger partial charge in [-0.3, -0.25) is 0 Å². The van der Waals surface area contributed by atoms with E-state index in [1.807, 2.05) is 6.92 Å². The molecule has 0 saturated heterocycles. The summed E-state index contributed by atoms with van der Waals surface area (Å²) in [5, 5.41) is 18.4. The van der Waals surface area contributed by atoms with E-state index < -0.39 is 0 Å². The van der Waals surface area contributed by atoms with Crippen LogP contribution in [0.4, 0.5) is 0 Å². The quantitative estimate of drug-likeness (QED) is 0.744. The third-order valence-corrected chi connectivity index (χ3v) is 2.04. The predicted molar refractivity (Wildman–Crippen MR) is 50.2 cm³/mol. The largest absolute Gasteiger partial charge is 0.508 e. The fourth-order valence-electron chi connectivity index (χ4n) is 1.17. The number of methoxy groups -OCH3 is 1. The van der Waals surface area contributed by atoms with Crippen LogP contribution in [0, 0.1) is 0 Å². The van der Waals surface area contributed by atoms with Crippen molar-refractivity contribution in [2.45, 2.75) is 12.8 Å². The minimum Gasteiger partial charge on any atom is -0.508 e. The van der Waals surface area contributed by atoms with E-state index in [1.54, 1.807) is 25.3 Å². The molecule has 0 aliphatic carbocycles. The molecule has 3 nitrogen and oxygen atoms in total. The Hall–Kier alpha value is -1.22. The number of rotatable bonds is 3. The van der Waals surface area contributed by atoms with Crippen LogP contribution in [0.2, 0.25) is 0 Å². The first-order valence-electron chi connectivity index (χ1n) is 4.16. The Morgan fingerprint density at radius 1 is 1.46 bits per heavy atom. The first-order valence-corrected chi connectivity index (χ1v) is 4.16. The number of phenolic OH excluding ortho intramolecular Hbond substituents is 1. The van der Waals surface area contributed by atoms with Gasteiger partial charge in [0.25, 0.3) is 0 Å². The molecule has 13 heavy (non-hydrogen) atoms. The summed E-state index contributed by atoms with van der Waals surface area (Å²) in [6, 6.07) is 5.07. The summed E-state index contributed by atoms with van der Waals surface area (Å²) in [7, 11) is 1.55. The smallest absolute Gasteiger partial charge is 0.122 e. The molecule has 0 radical (unpaired) electrons. The zero-order valence-electron chi connectivity index (χ0n) is 7.82. The third kappa shape index (κ3) is 2.12. The van der Waals surface area contributed by atoms with Gasteiger partial charge in [0.1, 0.15) is 11.5 Å². The first kappa shape index (κ1) is 9.86. The molecule has 2 N–H and O–H groups in total. The molecule has 0 spiro atoms. The standard InChI is InChI=1S/C10H14O3/c1-7(6-11)9-4-3-8(13-2)5-10(9)12/h3-5,7,11-12H,6H2,1-2H3. The lowest BCUT2D eigenvalue weighted by atomic mass is 10.0. The van der Waals surface area contributed by atoms with Gasteiger partial charge in [-0.05, 0) is 11.6 Å². The van der Waals surface area contributed by atoms with Gasteiger partial charge in [-0.2, -0.15) is 0 Å². The summed E-state index contributed by atoms with van der Waals surface area (Å²) in [6.07, 6.45) is 0. The monoisotopic (exact) mass is 182 g/mol. The van der Waals surface area contributed by atoms with Gasteiger partial charge in [0, 0.05) is 18.6 Å². The highest BCUT2D eigenvalue weighted by Gasteiger charge is 2.09. The van der Waals surface area contributed by atoms with Crippen LogP contribution in [-0.2, 0) is 0 Å². The normalized spacial score (nSPS) is 12.5. The van der Waals surface area contributed by atoms with Crippen LogP contribution in [0.1, 0.15) is 18.4 Å². The van der Waals surface area contributed by atoms with Crippen molar-refractivity contribution in [3.63, 3.8) is 0 Å². The summed E-state index contributed by atoms with van der Waals surface area (Å²) in [6.45, 7) is 1.88. The van der Waals surface area contributed by atoms with Gasteiger partial charge in [-0.25, -0.2) is 0 Å². The van der Waals surface area contributed by atoms with Crippen molar-refractivity contribution in [1.29, 1.82) is 0 Å². The molecule has 0 bridgehead atoms. The molecule has 1 rings (SSSR count). The van der Waals surface area contributed by atoms with Gasteiger partial charge in [0.2, 0.25) is 0 Å². The molecule has 3 heteroatoms. The minimum atomic E-state index is -0.0501. The SMILES string of the molecule is COc1ccc(C(C)CO)c(O)c1. The fraction of sp³-hybridized carbons (Fsp3) is 0.400. The number of phenols is 1. The lowest BCUT2D eigenvalue weighted by Crippen LogP contribution is -1.99. The third-order valence-electron chi connectivity index (χ3n) is 2.04. The molecule has 72 valence electrons. The van der Waals surface area contributed by atoms with Gasteiger partial charge in [0.15, 0.2) is 0 Å². The van der Waals surface area contributed by atoms with E-state index in [1.165, 1.54) is 0 Å². The predicted octanol–water partition coefficient (Wildman–Crippen LogP) is 1.50. The van der Waals surface area contributed by atoms with Crippen molar-refractivity contribution in [2.75, 3.05) is 13.7 Å². The summed E-state index contributed by atoms with van der Waals surface area (Å²) < 4.78 is 4.94. The molecule has 1 unspecified atom stereocenters. The summed E-state index contributed by atoms with van der Waals surface area (Å²) in [4.78, 5) is 0. The van der Waals surface area contributed by atoms with Gasteiger partial charge >= 0.3 is 0 Å². The summed E-state index contributed by atoms with van der Waals surface area (Å²) in [5.74, 6) is 0.734. The molecule has 0 aliphatic heterocycles. The molecule has 0 amide bonds. The van der Waals surface area contributed by atoms with Crippen molar-refractivity contribution in [3.8, 4) is 11.5 Å². The van der Waals surface area contributed by atoms with E-state index in [9.17, 15) is 5.11 Å². The Morgan fingerprint density at radius 3 is 2.62 bits per heavy atom. The zero-order valence-corrected chi connectivity index (χ0v) is 7.82. The number of ether oxygens (including phenoxy) is 1. The Kier molecular flexibility index (Phi) is 3.14. The highest BCUT2D eigenvalue weighted by molar-refractivity contribution is 5.41. The summed E-state index contributed by atoms with van der Waals surface area (Å²) >= 11 is 0. The first-order chi connectivity index (χ1) is 6.19. The van der Waals surface area contributed by atoms with Crippen LogP contribution in [0.5, 0.6) is 11.5 Å². The maximum Gasteiger partial charge on any atom is 0.122 e. The van der Waals surface area contributed by atoms with Crippen molar-refractivity contribution in [3.05, 3.63) is 23.8 Å². The molecule has 1 aromatic carbocycles. The van der Waals surface area contributed by atoms with Crippen molar-refractivity contribution in [2.24, 2.45) is 0 Å². The highest BCUT2D eigenvalue weighted by Crippen LogP contribution is 2.28. The maximum absolute atomic E-state index is 9.53. The minimum absolute atomic E-state index is 0.0277. The average Bonchev–Trinajstić information content (AvgIpc) is 2.16. The molecular weight excluding hydrogens is 168 g/mol. The molecular formula is C10H14O3. The summed E-state index contributed by atoms with van der Waals surface area (Å²) in [5.41, 5.74) is 0.739. The number of benzene rings is 1. The zero-order chi connectivity index (χ0) is 9.84. The second-order valence-corrected chi connectivity index (χ2v) is 3.01. The van der Waals surface area contributed by atoms with Crippen LogP contribution in [0.25, 0.3) is 0 Å². The van der Waals surface area contributed by atoms with Gasteiger partial charge in [-0.1, -0.05) is 13.0 Å². The van der Waals surface area contributed by atoms with Gasteiger partial charge in [0.05, 0.1) is 7.11 Å². The van der Waals surface area contributed by atoms with Crippen LogP contribution >= 0.6 is 0 Å². The lowest BCUT2D eigenvalue weighted by Gasteiger charge is -2.11. The van der Waals surface area contributed by atoms with Crippen LogP contribution in [0.15, 0.2) is 18.2 Å². The topological polar surface area (TPSA) is 49.7 Å². The van der Waals surface area contributed by atoms with E-state index >= 15 is 0 Å². The lowest BCUT2D eigenvalue weighted by molar-refractivity contribution is 0.270. The molecule has 0 fully saturated rings. The molecule has 1 aromatic rings. The highest BCUT2D eigenvalue weighted by atomic mass is 16.5. The van der Waals surface area contributed by atoms with Crippen LogP contribution in [-0.4, -0.2) is 23.9 Å². The Morgan fingerprint density at radius 2 is 2.15 bits per heavy atom. The van der Waals surface area contributed by atoms with Crippen LogP contribution in [0.3, 0.4) is 0 Å². The second-order valence-electron chi connectivity index (χ2n) is 3.01. The number of aliphatic hydroxyl groups is 1. The van der Waals surface area contributed by atoms with Crippen molar-refractivity contribution >= 4 is 0 Å². The Balaban J connectivity index is 2.98. The van der Waals surface area contributed by atoms with E-state index in [4.69, 9.17) is 9.84 Å². The van der Waals surface area contributed by atoms with E-state index in [0.29, 0.717) is 5.75 Å². The Bertz CT molecular complexity index is 283. The van der Waals surface area contributed by atoms with E-state index in [0.717, 1.165) is 5.56 Å². The van der Waals surface area contributed by atoms with E-state index in [2.05, 4.69) is 0 Å². The van der Waals surface area contributed by atoms with Gasteiger partial charge < -0.3 is 14.9 Å². The average molecular weight is 182 g/mol. The number of hydrogen-bond donors (Lipinski definition) is 2. The number of aliphatic hydroxyl groups excluding tert-OH is 1. The molecule has 0 saturated carbocycles. The van der Waals surface area contributed by atoms with Crippen LogP contribution < -0.4 is 4.74 Å². The Labute approximate surface area is 77.6 Å².